The van der Waals surface area contributed by atoms with Crippen LogP contribution >= 0.6 is 0 Å². The van der Waals surface area contributed by atoms with Gasteiger partial charge < -0.3 is 10.1 Å². The molecule has 0 saturated carbocycles. The average Bonchev–Trinajstić information content (AvgIpc) is 2.39. The van der Waals surface area contributed by atoms with E-state index in [1.807, 2.05) is 0 Å². The first-order valence-corrected chi connectivity index (χ1v) is 7.38. The molecule has 1 aromatic rings. The lowest BCUT2D eigenvalue weighted by atomic mass is 10.3. The average molecular weight is 286 g/mol. The van der Waals surface area contributed by atoms with Gasteiger partial charge in [0.1, 0.15) is 5.75 Å². The second-order valence-corrected chi connectivity index (χ2v) is 6.27. The summed E-state index contributed by atoms with van der Waals surface area (Å²) in [5.41, 5.74) is 0.511. The molecule has 1 N–H and O–H groups in total. The SMILES string of the molecule is CCS(=O)(=O)N(C)CC(=O)Nc1ccccc1OC. The molecular weight excluding hydrogens is 268 g/mol. The number of carbonyl (C=O) groups is 1. The Balaban J connectivity index is 2.71. The summed E-state index contributed by atoms with van der Waals surface area (Å²) in [7, 11) is -0.486. The summed E-state index contributed by atoms with van der Waals surface area (Å²) in [6, 6.07) is 6.93. The summed E-state index contributed by atoms with van der Waals surface area (Å²) in [6.07, 6.45) is 0. The predicted octanol–water partition coefficient (Wildman–Crippen LogP) is 0.915. The lowest BCUT2D eigenvalue weighted by molar-refractivity contribution is -0.116. The molecule has 0 aromatic heterocycles. The number of benzene rings is 1. The van der Waals surface area contributed by atoms with Crippen molar-refractivity contribution in [1.29, 1.82) is 0 Å². The van der Waals surface area contributed by atoms with Crippen LogP contribution in [0.3, 0.4) is 0 Å². The number of nitrogens with one attached hydrogen (secondary N) is 1. The van der Waals surface area contributed by atoms with Crippen molar-refractivity contribution < 1.29 is 17.9 Å². The molecule has 0 heterocycles. The second-order valence-electron chi connectivity index (χ2n) is 3.91. The summed E-state index contributed by atoms with van der Waals surface area (Å²) < 4.78 is 29.2. The van der Waals surface area contributed by atoms with Crippen molar-refractivity contribution in [3.63, 3.8) is 0 Å². The minimum atomic E-state index is -3.36. The topological polar surface area (TPSA) is 75.7 Å². The third-order valence-corrected chi connectivity index (χ3v) is 4.40. The van der Waals surface area contributed by atoms with E-state index in [9.17, 15) is 13.2 Å². The molecule has 0 atom stereocenters. The molecule has 7 heteroatoms. The lowest BCUT2D eigenvalue weighted by Gasteiger charge is -2.16. The summed E-state index contributed by atoms with van der Waals surface area (Å²) in [4.78, 5) is 11.8. The number of likely N-dealkylation sites (N-methyl/N-ethyl adjacent to an activating group) is 1. The van der Waals surface area contributed by atoms with Crippen LogP contribution in [0.5, 0.6) is 5.75 Å². The minimum absolute atomic E-state index is 0.0363. The molecule has 1 rings (SSSR count). The van der Waals surface area contributed by atoms with E-state index in [0.29, 0.717) is 11.4 Å². The Bertz CT molecular complexity index is 542. The Morgan fingerprint density at radius 3 is 2.58 bits per heavy atom. The first kappa shape index (κ1) is 15.5. The second kappa shape index (κ2) is 6.53. The standard InChI is InChI=1S/C12H18N2O4S/c1-4-19(16,17)14(2)9-12(15)13-10-7-5-6-8-11(10)18-3/h5-8H,4,9H2,1-3H3,(H,13,15). The fourth-order valence-electron chi connectivity index (χ4n) is 1.46. The molecule has 0 saturated heterocycles. The number of anilines is 1. The van der Waals surface area contributed by atoms with Crippen molar-refractivity contribution in [2.24, 2.45) is 0 Å². The van der Waals surface area contributed by atoms with Gasteiger partial charge >= 0.3 is 0 Å². The molecule has 0 unspecified atom stereocenters. The van der Waals surface area contributed by atoms with Gasteiger partial charge in [-0.1, -0.05) is 12.1 Å². The third kappa shape index (κ3) is 4.22. The third-order valence-electron chi connectivity index (χ3n) is 2.59. The number of amides is 1. The van der Waals surface area contributed by atoms with Crippen LogP contribution in [0.4, 0.5) is 5.69 Å². The van der Waals surface area contributed by atoms with Crippen molar-refractivity contribution in [2.45, 2.75) is 6.92 Å². The van der Waals surface area contributed by atoms with Gasteiger partial charge in [-0.15, -0.1) is 0 Å². The number of para-hydroxylation sites is 2. The fraction of sp³-hybridized carbons (Fsp3) is 0.417. The highest BCUT2D eigenvalue weighted by molar-refractivity contribution is 7.89. The van der Waals surface area contributed by atoms with E-state index in [2.05, 4.69) is 5.32 Å². The van der Waals surface area contributed by atoms with Gasteiger partial charge in [0, 0.05) is 7.05 Å². The zero-order valence-corrected chi connectivity index (χ0v) is 12.0. The minimum Gasteiger partial charge on any atom is -0.495 e. The Labute approximate surface area is 113 Å². The van der Waals surface area contributed by atoms with Gasteiger partial charge in [-0.2, -0.15) is 4.31 Å². The van der Waals surface area contributed by atoms with Gasteiger partial charge in [-0.05, 0) is 19.1 Å². The molecule has 0 aliphatic carbocycles. The molecular formula is C12H18N2O4S. The van der Waals surface area contributed by atoms with E-state index in [1.165, 1.54) is 21.1 Å². The molecule has 0 aliphatic heterocycles. The van der Waals surface area contributed by atoms with Crippen molar-refractivity contribution in [1.82, 2.24) is 4.31 Å². The van der Waals surface area contributed by atoms with Gasteiger partial charge in [-0.25, -0.2) is 8.42 Å². The van der Waals surface area contributed by atoms with Crippen LogP contribution in [-0.4, -0.2) is 45.1 Å². The van der Waals surface area contributed by atoms with Crippen LogP contribution in [0.15, 0.2) is 24.3 Å². The van der Waals surface area contributed by atoms with Crippen LogP contribution in [-0.2, 0) is 14.8 Å². The summed E-state index contributed by atoms with van der Waals surface area (Å²) in [5, 5.41) is 2.62. The molecule has 0 radical (unpaired) electrons. The van der Waals surface area contributed by atoms with E-state index in [-0.39, 0.29) is 12.3 Å². The Morgan fingerprint density at radius 1 is 1.37 bits per heavy atom. The maximum absolute atomic E-state index is 11.8. The molecule has 0 bridgehead atoms. The normalized spacial score (nSPS) is 11.4. The number of hydrogen-bond acceptors (Lipinski definition) is 4. The molecule has 1 amide bonds. The van der Waals surface area contributed by atoms with E-state index < -0.39 is 15.9 Å². The summed E-state index contributed by atoms with van der Waals surface area (Å²) in [6.45, 7) is 1.30. The van der Waals surface area contributed by atoms with Crippen LogP contribution in [0.1, 0.15) is 6.92 Å². The van der Waals surface area contributed by atoms with Crippen molar-refractivity contribution in [3.8, 4) is 5.75 Å². The predicted molar refractivity (Wildman–Crippen MR) is 73.7 cm³/mol. The Hall–Kier alpha value is -1.60. The van der Waals surface area contributed by atoms with E-state index in [0.717, 1.165) is 4.31 Å². The first-order valence-electron chi connectivity index (χ1n) is 5.77. The fourth-order valence-corrected chi connectivity index (χ4v) is 2.21. The number of hydrogen-bond donors (Lipinski definition) is 1. The quantitative estimate of drug-likeness (QED) is 0.843. The Morgan fingerprint density at radius 2 is 2.00 bits per heavy atom. The zero-order valence-electron chi connectivity index (χ0n) is 11.2. The largest absolute Gasteiger partial charge is 0.495 e. The smallest absolute Gasteiger partial charge is 0.239 e. The van der Waals surface area contributed by atoms with Gasteiger partial charge in [0.05, 0.1) is 25.1 Å². The molecule has 0 spiro atoms. The highest BCUT2D eigenvalue weighted by Crippen LogP contribution is 2.22. The first-order chi connectivity index (χ1) is 8.90. The van der Waals surface area contributed by atoms with Crippen molar-refractivity contribution in [2.75, 3.05) is 31.8 Å². The van der Waals surface area contributed by atoms with Crippen LogP contribution in [0, 0.1) is 0 Å². The maximum atomic E-state index is 11.8. The molecule has 1 aromatic carbocycles. The van der Waals surface area contributed by atoms with Gasteiger partial charge in [0.2, 0.25) is 15.9 Å². The van der Waals surface area contributed by atoms with Gasteiger partial charge in [0.15, 0.2) is 0 Å². The highest BCUT2D eigenvalue weighted by atomic mass is 32.2. The van der Waals surface area contributed by atoms with E-state index in [4.69, 9.17) is 4.74 Å². The van der Waals surface area contributed by atoms with Crippen LogP contribution in [0.25, 0.3) is 0 Å². The number of ether oxygens (including phenoxy) is 1. The summed E-state index contributed by atoms with van der Waals surface area (Å²) >= 11 is 0. The number of rotatable bonds is 6. The molecule has 106 valence electrons. The zero-order chi connectivity index (χ0) is 14.5. The number of nitrogens with zero attached hydrogens (tertiary/aromatic N) is 1. The van der Waals surface area contributed by atoms with Gasteiger partial charge in [-0.3, -0.25) is 4.79 Å². The van der Waals surface area contributed by atoms with Crippen LogP contribution < -0.4 is 10.1 Å². The maximum Gasteiger partial charge on any atom is 0.239 e. The number of methoxy groups -OCH3 is 1. The Kier molecular flexibility index (Phi) is 5.31. The number of sulfonamides is 1. The number of carbonyl (C=O) groups excluding carboxylic acids is 1. The molecule has 19 heavy (non-hydrogen) atoms. The molecule has 0 aliphatic rings. The highest BCUT2D eigenvalue weighted by Gasteiger charge is 2.18. The molecule has 6 nitrogen and oxygen atoms in total. The monoisotopic (exact) mass is 286 g/mol. The van der Waals surface area contributed by atoms with E-state index in [1.54, 1.807) is 24.3 Å². The van der Waals surface area contributed by atoms with E-state index >= 15 is 0 Å². The summed E-state index contributed by atoms with van der Waals surface area (Å²) in [5.74, 6) is 0.0757. The van der Waals surface area contributed by atoms with Crippen molar-refractivity contribution >= 4 is 21.6 Å². The van der Waals surface area contributed by atoms with Gasteiger partial charge in [0.25, 0.3) is 0 Å². The van der Waals surface area contributed by atoms with Crippen LogP contribution in [0.2, 0.25) is 0 Å². The lowest BCUT2D eigenvalue weighted by Crippen LogP contribution is -2.35. The van der Waals surface area contributed by atoms with Crippen molar-refractivity contribution in [3.05, 3.63) is 24.3 Å². The molecule has 0 fully saturated rings.